The first-order valence-electron chi connectivity index (χ1n) is 8.64. The van der Waals surface area contributed by atoms with Crippen molar-refractivity contribution in [1.29, 1.82) is 0 Å². The highest BCUT2D eigenvalue weighted by molar-refractivity contribution is 5.99. The van der Waals surface area contributed by atoms with Gasteiger partial charge in [-0.1, -0.05) is 6.07 Å². The highest BCUT2D eigenvalue weighted by Crippen LogP contribution is 2.29. The fraction of sp³-hybridized carbons (Fsp3) is 0.500. The zero-order valence-corrected chi connectivity index (χ0v) is 14.2. The molecule has 25 heavy (non-hydrogen) atoms. The molecule has 1 aromatic carbocycles. The van der Waals surface area contributed by atoms with E-state index in [-0.39, 0.29) is 30.3 Å². The number of hydrogen-bond acceptors (Lipinski definition) is 4. The van der Waals surface area contributed by atoms with Gasteiger partial charge in [-0.15, -0.1) is 0 Å². The van der Waals surface area contributed by atoms with E-state index in [1.54, 1.807) is 46.1 Å². The summed E-state index contributed by atoms with van der Waals surface area (Å²) in [5.74, 6) is 0.497. The molecule has 3 fully saturated rings. The average molecular weight is 343 g/mol. The average Bonchev–Trinajstić information content (AvgIpc) is 3.15. The summed E-state index contributed by atoms with van der Waals surface area (Å²) in [5.41, 5.74) is 0.529. The Bertz CT molecular complexity index is 735. The van der Waals surface area contributed by atoms with Gasteiger partial charge >= 0.3 is 0 Å². The number of rotatable bonds is 2. The van der Waals surface area contributed by atoms with Crippen LogP contribution < -0.4 is 4.74 Å². The minimum atomic E-state index is -0.551. The monoisotopic (exact) mass is 343 g/mol. The third-order valence-corrected chi connectivity index (χ3v) is 5.37. The Morgan fingerprint density at radius 1 is 1.08 bits per heavy atom. The molecule has 0 aliphatic carbocycles. The standard InChI is InChI=1S/C18H21N3O4/c1-25-13-5-2-4-12(10-13)16(22)19-8-9-21-15(11-19)18(24)20-7-3-6-14(20)17(21)23/h2,4-5,10,14-15H,3,6-9,11H2,1H3/t14-,15+/m0/s1. The summed E-state index contributed by atoms with van der Waals surface area (Å²) in [7, 11) is 1.56. The van der Waals surface area contributed by atoms with E-state index in [1.807, 2.05) is 0 Å². The molecule has 3 aliphatic rings. The lowest BCUT2D eigenvalue weighted by Gasteiger charge is -2.47. The molecule has 0 N–H and O–H groups in total. The highest BCUT2D eigenvalue weighted by Gasteiger charge is 2.49. The third kappa shape index (κ3) is 2.54. The van der Waals surface area contributed by atoms with Crippen LogP contribution >= 0.6 is 0 Å². The van der Waals surface area contributed by atoms with Crippen molar-refractivity contribution in [3.63, 3.8) is 0 Å². The summed E-state index contributed by atoms with van der Waals surface area (Å²) < 4.78 is 5.17. The quantitative estimate of drug-likeness (QED) is 0.777. The second-order valence-corrected chi connectivity index (χ2v) is 6.72. The van der Waals surface area contributed by atoms with Gasteiger partial charge in [0.1, 0.15) is 17.8 Å². The van der Waals surface area contributed by atoms with Gasteiger partial charge in [0.25, 0.3) is 5.91 Å². The van der Waals surface area contributed by atoms with E-state index >= 15 is 0 Å². The van der Waals surface area contributed by atoms with Gasteiger partial charge in [0.2, 0.25) is 11.8 Å². The maximum atomic E-state index is 12.8. The molecule has 4 rings (SSSR count). The van der Waals surface area contributed by atoms with Gasteiger partial charge < -0.3 is 19.4 Å². The maximum absolute atomic E-state index is 12.8. The number of fused-ring (bicyclic) bond motifs is 2. The van der Waals surface area contributed by atoms with Crippen molar-refractivity contribution in [3.05, 3.63) is 29.8 Å². The van der Waals surface area contributed by atoms with E-state index in [9.17, 15) is 14.4 Å². The molecule has 0 radical (unpaired) electrons. The third-order valence-electron chi connectivity index (χ3n) is 5.37. The Hall–Kier alpha value is -2.57. The van der Waals surface area contributed by atoms with Crippen LogP contribution in [-0.2, 0) is 9.59 Å². The number of carbonyl (C=O) groups excluding carboxylic acids is 3. The van der Waals surface area contributed by atoms with Crippen LogP contribution in [0.15, 0.2) is 24.3 Å². The van der Waals surface area contributed by atoms with Gasteiger partial charge in [-0.25, -0.2) is 0 Å². The maximum Gasteiger partial charge on any atom is 0.254 e. The van der Waals surface area contributed by atoms with Crippen LogP contribution in [0.3, 0.4) is 0 Å². The van der Waals surface area contributed by atoms with Gasteiger partial charge in [-0.3, -0.25) is 14.4 Å². The molecule has 0 unspecified atom stereocenters. The molecule has 0 spiro atoms. The van der Waals surface area contributed by atoms with Crippen molar-refractivity contribution >= 4 is 17.7 Å². The Balaban J connectivity index is 1.54. The van der Waals surface area contributed by atoms with Crippen LogP contribution in [0, 0.1) is 0 Å². The fourth-order valence-corrected chi connectivity index (χ4v) is 4.05. The SMILES string of the molecule is COc1cccc(C(=O)N2CCN3C(=O)[C@@H]4CCCN4C(=O)[C@H]3C2)c1. The fourth-order valence-electron chi connectivity index (χ4n) is 4.05. The number of hydrogen-bond donors (Lipinski definition) is 0. The summed E-state index contributed by atoms with van der Waals surface area (Å²) in [6.07, 6.45) is 1.62. The topological polar surface area (TPSA) is 70.2 Å². The second-order valence-electron chi connectivity index (χ2n) is 6.72. The van der Waals surface area contributed by atoms with Gasteiger partial charge in [0.05, 0.1) is 13.7 Å². The number of benzene rings is 1. The molecular weight excluding hydrogens is 322 g/mol. The number of ether oxygens (including phenoxy) is 1. The van der Waals surface area contributed by atoms with E-state index in [0.717, 1.165) is 12.8 Å². The van der Waals surface area contributed by atoms with E-state index in [0.29, 0.717) is 30.9 Å². The minimum Gasteiger partial charge on any atom is -0.497 e. The van der Waals surface area contributed by atoms with Gasteiger partial charge in [0.15, 0.2) is 0 Å². The first kappa shape index (κ1) is 15.9. The van der Waals surface area contributed by atoms with Crippen LogP contribution in [0.2, 0.25) is 0 Å². The van der Waals surface area contributed by atoms with Crippen molar-refractivity contribution in [3.8, 4) is 5.75 Å². The van der Waals surface area contributed by atoms with Gasteiger partial charge in [-0.2, -0.15) is 0 Å². The van der Waals surface area contributed by atoms with Crippen LogP contribution in [0.4, 0.5) is 0 Å². The molecule has 3 amide bonds. The van der Waals surface area contributed by atoms with Crippen LogP contribution in [0.5, 0.6) is 5.75 Å². The van der Waals surface area contributed by atoms with E-state index in [1.165, 1.54) is 0 Å². The number of nitrogens with zero attached hydrogens (tertiary/aromatic N) is 3. The van der Waals surface area contributed by atoms with E-state index in [4.69, 9.17) is 4.74 Å². The smallest absolute Gasteiger partial charge is 0.254 e. The molecule has 2 atom stereocenters. The van der Waals surface area contributed by atoms with Gasteiger partial charge in [0, 0.05) is 25.2 Å². The normalized spacial score (nSPS) is 25.7. The van der Waals surface area contributed by atoms with Crippen molar-refractivity contribution in [2.75, 3.05) is 33.3 Å². The van der Waals surface area contributed by atoms with Crippen LogP contribution in [0.25, 0.3) is 0 Å². The first-order chi connectivity index (χ1) is 12.1. The second kappa shape index (κ2) is 6.06. The molecular formula is C18H21N3O4. The van der Waals surface area contributed by atoms with E-state index in [2.05, 4.69) is 0 Å². The zero-order chi connectivity index (χ0) is 17.6. The zero-order valence-electron chi connectivity index (χ0n) is 14.2. The lowest BCUT2D eigenvalue weighted by atomic mass is 10.0. The number of amides is 3. The summed E-state index contributed by atoms with van der Waals surface area (Å²) in [4.78, 5) is 43.2. The number of carbonyl (C=O) groups is 3. The summed E-state index contributed by atoms with van der Waals surface area (Å²) in [6.45, 7) is 1.75. The number of piperazine rings is 2. The minimum absolute atomic E-state index is 0.0229. The first-order valence-corrected chi connectivity index (χ1v) is 8.64. The molecule has 7 heteroatoms. The molecule has 0 aromatic heterocycles. The highest BCUT2D eigenvalue weighted by atomic mass is 16.5. The molecule has 0 saturated carbocycles. The predicted molar refractivity (Wildman–Crippen MR) is 89.1 cm³/mol. The summed E-state index contributed by atoms with van der Waals surface area (Å²) in [5, 5.41) is 0. The van der Waals surface area contributed by atoms with E-state index < -0.39 is 6.04 Å². The summed E-state index contributed by atoms with van der Waals surface area (Å²) in [6, 6.07) is 6.15. The molecule has 3 heterocycles. The van der Waals surface area contributed by atoms with Crippen LogP contribution in [-0.4, -0.2) is 77.8 Å². The molecule has 3 aliphatic heterocycles. The Kier molecular flexibility index (Phi) is 3.86. The molecule has 3 saturated heterocycles. The molecule has 132 valence electrons. The van der Waals surface area contributed by atoms with Crippen LogP contribution in [0.1, 0.15) is 23.2 Å². The Morgan fingerprint density at radius 3 is 2.64 bits per heavy atom. The van der Waals surface area contributed by atoms with Crippen molar-refractivity contribution < 1.29 is 19.1 Å². The molecule has 0 bridgehead atoms. The van der Waals surface area contributed by atoms with Gasteiger partial charge in [-0.05, 0) is 31.0 Å². The van der Waals surface area contributed by atoms with Crippen molar-refractivity contribution in [1.82, 2.24) is 14.7 Å². The Labute approximate surface area is 146 Å². The lowest BCUT2D eigenvalue weighted by molar-refractivity contribution is -0.162. The largest absolute Gasteiger partial charge is 0.497 e. The molecule has 7 nitrogen and oxygen atoms in total. The number of methoxy groups -OCH3 is 1. The molecule has 1 aromatic rings. The van der Waals surface area contributed by atoms with Crippen molar-refractivity contribution in [2.24, 2.45) is 0 Å². The predicted octanol–water partition coefficient (Wildman–Crippen LogP) is 0.353. The van der Waals surface area contributed by atoms with Crippen molar-refractivity contribution in [2.45, 2.75) is 24.9 Å². The summed E-state index contributed by atoms with van der Waals surface area (Å²) >= 11 is 0. The Morgan fingerprint density at radius 2 is 1.84 bits per heavy atom. The lowest BCUT2D eigenvalue weighted by Crippen LogP contribution is -2.69.